The Kier molecular flexibility index (Phi) is 8.30. The Hall–Kier alpha value is -1.68. The van der Waals surface area contributed by atoms with Gasteiger partial charge in [0, 0.05) is 18.5 Å². The van der Waals surface area contributed by atoms with Gasteiger partial charge < -0.3 is 15.7 Å². The maximum Gasteiger partial charge on any atom is 0.306 e. The highest BCUT2D eigenvalue weighted by Gasteiger charge is 2.27. The van der Waals surface area contributed by atoms with Crippen molar-refractivity contribution in [2.75, 3.05) is 12.3 Å². The number of hydrogen-bond donors (Lipinski definition) is 4. The van der Waals surface area contributed by atoms with Crippen molar-refractivity contribution in [3.8, 4) is 0 Å². The summed E-state index contributed by atoms with van der Waals surface area (Å²) >= 11 is 0. The second kappa shape index (κ2) is 9.71. The molecule has 10 heteroatoms. The Bertz CT molecular complexity index is 582. The Morgan fingerprint density at radius 1 is 1.08 bits per heavy atom. The Labute approximate surface area is 148 Å². The van der Waals surface area contributed by atoms with Gasteiger partial charge in [0.15, 0.2) is 0 Å². The summed E-state index contributed by atoms with van der Waals surface area (Å²) in [5.74, 6) is -2.41. The topological polar surface area (TPSA) is 142 Å². The van der Waals surface area contributed by atoms with E-state index in [1.807, 2.05) is 0 Å². The van der Waals surface area contributed by atoms with Gasteiger partial charge >= 0.3 is 5.97 Å². The molecule has 1 fully saturated rings. The monoisotopic (exact) mass is 377 g/mol. The lowest BCUT2D eigenvalue weighted by atomic mass is 9.86. The number of carbonyl (C=O) groups excluding carboxylic acids is 2. The molecule has 0 atom stereocenters. The number of sulfonamides is 1. The second-order valence-electron chi connectivity index (χ2n) is 6.57. The molecule has 0 aliphatic heterocycles. The summed E-state index contributed by atoms with van der Waals surface area (Å²) in [4.78, 5) is 34.1. The van der Waals surface area contributed by atoms with Crippen molar-refractivity contribution in [3.63, 3.8) is 0 Å². The van der Waals surface area contributed by atoms with Crippen LogP contribution in [0.3, 0.4) is 0 Å². The van der Waals surface area contributed by atoms with E-state index in [2.05, 4.69) is 15.4 Å². The van der Waals surface area contributed by atoms with E-state index in [0.717, 1.165) is 0 Å². The van der Waals surface area contributed by atoms with Crippen LogP contribution in [0, 0.1) is 5.92 Å². The van der Waals surface area contributed by atoms with Gasteiger partial charge in [0.1, 0.15) is 0 Å². The summed E-state index contributed by atoms with van der Waals surface area (Å²) < 4.78 is 25.8. The lowest BCUT2D eigenvalue weighted by Crippen LogP contribution is -2.42. The molecule has 0 radical (unpaired) electrons. The van der Waals surface area contributed by atoms with Crippen LogP contribution in [0.1, 0.15) is 46.0 Å². The highest BCUT2D eigenvalue weighted by atomic mass is 32.2. The van der Waals surface area contributed by atoms with Gasteiger partial charge in [-0.15, -0.1) is 0 Å². The molecule has 0 heterocycles. The van der Waals surface area contributed by atoms with Gasteiger partial charge in [0.25, 0.3) is 0 Å². The standard InChI is InChI=1S/C15H27N3O6S/c1-10(2)17-14(20)9-16-25(23,24)8-7-13(19)18-12-5-3-11(4-6-12)15(21)22/h10-12,16H,3-9H2,1-2H3,(H,17,20)(H,18,19)(H,21,22). The third kappa shape index (κ3) is 8.82. The van der Waals surface area contributed by atoms with E-state index in [4.69, 9.17) is 5.11 Å². The molecule has 4 N–H and O–H groups in total. The SMILES string of the molecule is CC(C)NC(=O)CNS(=O)(=O)CCC(=O)NC1CCC(C(=O)O)CC1. The predicted molar refractivity (Wildman–Crippen MR) is 91.2 cm³/mol. The molecule has 144 valence electrons. The van der Waals surface area contributed by atoms with Crippen molar-refractivity contribution >= 4 is 27.8 Å². The third-order valence-corrected chi connectivity index (χ3v) is 5.27. The van der Waals surface area contributed by atoms with Crippen LogP contribution in [0.5, 0.6) is 0 Å². The molecule has 0 bridgehead atoms. The molecule has 1 rings (SSSR count). The van der Waals surface area contributed by atoms with Crippen molar-refractivity contribution < 1.29 is 27.9 Å². The minimum absolute atomic E-state index is 0.0843. The fourth-order valence-corrected chi connectivity index (χ4v) is 3.58. The van der Waals surface area contributed by atoms with Crippen LogP contribution in [-0.4, -0.2) is 55.7 Å². The molecule has 2 amide bonds. The number of aliphatic carboxylic acids is 1. The number of hydrogen-bond acceptors (Lipinski definition) is 5. The molecule has 1 aliphatic rings. The van der Waals surface area contributed by atoms with E-state index in [-0.39, 0.29) is 31.0 Å². The highest BCUT2D eigenvalue weighted by Crippen LogP contribution is 2.24. The zero-order valence-electron chi connectivity index (χ0n) is 14.6. The van der Waals surface area contributed by atoms with Gasteiger partial charge in [-0.3, -0.25) is 14.4 Å². The van der Waals surface area contributed by atoms with Gasteiger partial charge in [-0.05, 0) is 39.5 Å². The largest absolute Gasteiger partial charge is 0.481 e. The van der Waals surface area contributed by atoms with E-state index in [1.165, 1.54) is 0 Å². The first-order chi connectivity index (χ1) is 11.6. The first kappa shape index (κ1) is 21.4. The van der Waals surface area contributed by atoms with Crippen LogP contribution >= 0.6 is 0 Å². The maximum absolute atomic E-state index is 11.9. The third-order valence-electron chi connectivity index (χ3n) is 3.94. The summed E-state index contributed by atoms with van der Waals surface area (Å²) in [5, 5.41) is 14.2. The summed E-state index contributed by atoms with van der Waals surface area (Å²) in [6.45, 7) is 3.17. The maximum atomic E-state index is 11.9. The van der Waals surface area contributed by atoms with Crippen molar-refractivity contribution in [2.24, 2.45) is 5.92 Å². The van der Waals surface area contributed by atoms with E-state index in [9.17, 15) is 22.8 Å². The van der Waals surface area contributed by atoms with Gasteiger partial charge in [-0.25, -0.2) is 13.1 Å². The second-order valence-corrected chi connectivity index (χ2v) is 8.49. The van der Waals surface area contributed by atoms with Crippen LogP contribution in [0.15, 0.2) is 0 Å². The number of amides is 2. The molecule has 0 spiro atoms. The molecule has 9 nitrogen and oxygen atoms in total. The Balaban J connectivity index is 2.28. The van der Waals surface area contributed by atoms with Crippen molar-refractivity contribution in [3.05, 3.63) is 0 Å². The fraction of sp³-hybridized carbons (Fsp3) is 0.800. The Morgan fingerprint density at radius 3 is 2.20 bits per heavy atom. The van der Waals surface area contributed by atoms with Crippen LogP contribution < -0.4 is 15.4 Å². The first-order valence-electron chi connectivity index (χ1n) is 8.38. The molecular weight excluding hydrogens is 350 g/mol. The molecule has 1 saturated carbocycles. The average Bonchev–Trinajstić information content (AvgIpc) is 2.51. The number of nitrogens with one attached hydrogen (secondary N) is 3. The van der Waals surface area contributed by atoms with Gasteiger partial charge in [-0.2, -0.15) is 0 Å². The zero-order valence-corrected chi connectivity index (χ0v) is 15.4. The number of carboxylic acid groups (broad SMARTS) is 1. The van der Waals surface area contributed by atoms with Crippen LogP contribution in [-0.2, 0) is 24.4 Å². The molecular formula is C15H27N3O6S. The first-order valence-corrected chi connectivity index (χ1v) is 10.0. The minimum Gasteiger partial charge on any atom is -0.481 e. The molecule has 0 unspecified atom stereocenters. The van der Waals surface area contributed by atoms with Crippen molar-refractivity contribution in [1.29, 1.82) is 0 Å². The summed E-state index contributed by atoms with van der Waals surface area (Å²) in [7, 11) is -3.72. The summed E-state index contributed by atoms with van der Waals surface area (Å²) in [6, 6.07) is -0.199. The average molecular weight is 377 g/mol. The van der Waals surface area contributed by atoms with E-state index in [1.54, 1.807) is 13.8 Å². The minimum atomic E-state index is -3.72. The van der Waals surface area contributed by atoms with Crippen molar-refractivity contribution in [2.45, 2.75) is 58.0 Å². The van der Waals surface area contributed by atoms with E-state index >= 15 is 0 Å². The van der Waals surface area contributed by atoms with Gasteiger partial charge in [0.2, 0.25) is 21.8 Å². The van der Waals surface area contributed by atoms with E-state index < -0.39 is 33.6 Å². The molecule has 1 aliphatic carbocycles. The lowest BCUT2D eigenvalue weighted by molar-refractivity contribution is -0.142. The van der Waals surface area contributed by atoms with Gasteiger partial charge in [-0.1, -0.05) is 0 Å². The molecule has 0 saturated heterocycles. The smallest absolute Gasteiger partial charge is 0.306 e. The molecule has 25 heavy (non-hydrogen) atoms. The van der Waals surface area contributed by atoms with Crippen LogP contribution in [0.2, 0.25) is 0 Å². The van der Waals surface area contributed by atoms with E-state index in [0.29, 0.717) is 25.7 Å². The number of carboxylic acids is 1. The molecule has 0 aromatic carbocycles. The normalized spacial score (nSPS) is 20.9. The van der Waals surface area contributed by atoms with Gasteiger partial charge in [0.05, 0.1) is 18.2 Å². The summed E-state index contributed by atoms with van der Waals surface area (Å²) in [5.41, 5.74) is 0. The lowest BCUT2D eigenvalue weighted by Gasteiger charge is -2.26. The Morgan fingerprint density at radius 2 is 1.68 bits per heavy atom. The molecule has 0 aromatic heterocycles. The highest BCUT2D eigenvalue weighted by molar-refractivity contribution is 7.89. The molecule has 0 aromatic rings. The fourth-order valence-electron chi connectivity index (χ4n) is 2.63. The predicted octanol–water partition coefficient (Wildman–Crippen LogP) is -0.420. The quantitative estimate of drug-likeness (QED) is 0.430. The van der Waals surface area contributed by atoms with Crippen LogP contribution in [0.4, 0.5) is 0 Å². The number of carbonyl (C=O) groups is 3. The van der Waals surface area contributed by atoms with Crippen LogP contribution in [0.25, 0.3) is 0 Å². The number of rotatable bonds is 9. The summed E-state index contributed by atoms with van der Waals surface area (Å²) in [6.07, 6.45) is 1.95. The zero-order chi connectivity index (χ0) is 19.0. The van der Waals surface area contributed by atoms with Crippen molar-refractivity contribution in [1.82, 2.24) is 15.4 Å².